The number of hydrogen-bond acceptors (Lipinski definition) is 5. The van der Waals surface area contributed by atoms with E-state index >= 15 is 0 Å². The SMILES string of the molecule is Cc1c(NC(=O)c2ccc(-n3ccnc3)nn2)c(=O)n(-c2ccccc2)n1C. The minimum atomic E-state index is -0.504. The van der Waals surface area contributed by atoms with Gasteiger partial charge in [0.15, 0.2) is 11.5 Å². The zero-order valence-electron chi connectivity index (χ0n) is 15.3. The number of anilines is 1. The van der Waals surface area contributed by atoms with Gasteiger partial charge in [0, 0.05) is 19.4 Å². The summed E-state index contributed by atoms with van der Waals surface area (Å²) in [6.45, 7) is 1.77. The lowest BCUT2D eigenvalue weighted by atomic mass is 10.3. The smallest absolute Gasteiger partial charge is 0.295 e. The fourth-order valence-corrected chi connectivity index (χ4v) is 2.87. The number of para-hydroxylation sites is 1. The number of rotatable bonds is 4. The van der Waals surface area contributed by atoms with Crippen molar-refractivity contribution in [3.63, 3.8) is 0 Å². The summed E-state index contributed by atoms with van der Waals surface area (Å²) in [4.78, 5) is 29.4. The van der Waals surface area contributed by atoms with Crippen LogP contribution in [0.3, 0.4) is 0 Å². The summed E-state index contributed by atoms with van der Waals surface area (Å²) < 4.78 is 4.87. The molecule has 0 radical (unpaired) electrons. The first-order valence-corrected chi connectivity index (χ1v) is 8.53. The highest BCUT2D eigenvalue weighted by atomic mass is 16.2. The van der Waals surface area contributed by atoms with Gasteiger partial charge in [-0.3, -0.25) is 18.8 Å². The van der Waals surface area contributed by atoms with Crippen LogP contribution in [0.5, 0.6) is 0 Å². The van der Waals surface area contributed by atoms with Crippen molar-refractivity contribution < 1.29 is 4.79 Å². The van der Waals surface area contributed by atoms with E-state index in [0.29, 0.717) is 17.2 Å². The Bertz CT molecular complexity index is 1170. The first kappa shape index (κ1) is 17.4. The molecule has 1 amide bonds. The number of hydrogen-bond donors (Lipinski definition) is 1. The lowest BCUT2D eigenvalue weighted by Crippen LogP contribution is -2.23. The summed E-state index contributed by atoms with van der Waals surface area (Å²) in [7, 11) is 1.76. The van der Waals surface area contributed by atoms with Crippen LogP contribution in [0.2, 0.25) is 0 Å². The molecule has 0 unspecified atom stereocenters. The molecule has 3 heterocycles. The summed E-state index contributed by atoms with van der Waals surface area (Å²) in [5.74, 6) is 0.0343. The van der Waals surface area contributed by atoms with Crippen molar-refractivity contribution in [2.24, 2.45) is 7.05 Å². The maximum absolute atomic E-state index is 12.9. The van der Waals surface area contributed by atoms with Crippen molar-refractivity contribution in [3.05, 3.63) is 82.9 Å². The molecule has 0 atom stereocenters. The predicted molar refractivity (Wildman–Crippen MR) is 103 cm³/mol. The summed E-state index contributed by atoms with van der Waals surface area (Å²) >= 11 is 0. The molecule has 140 valence electrons. The predicted octanol–water partition coefficient (Wildman–Crippen LogP) is 1.71. The van der Waals surface area contributed by atoms with Crippen molar-refractivity contribution in [1.82, 2.24) is 29.1 Å². The van der Waals surface area contributed by atoms with Crippen molar-refractivity contribution >= 4 is 11.6 Å². The van der Waals surface area contributed by atoms with Crippen LogP contribution in [0.25, 0.3) is 11.5 Å². The number of amides is 1. The van der Waals surface area contributed by atoms with Crippen LogP contribution in [0, 0.1) is 6.92 Å². The second kappa shape index (κ2) is 6.95. The molecule has 0 fully saturated rings. The average Bonchev–Trinajstić information content (AvgIpc) is 3.33. The van der Waals surface area contributed by atoms with Gasteiger partial charge in [-0.25, -0.2) is 9.67 Å². The van der Waals surface area contributed by atoms with E-state index in [1.807, 2.05) is 30.3 Å². The van der Waals surface area contributed by atoms with Gasteiger partial charge in [0.1, 0.15) is 12.0 Å². The number of aromatic nitrogens is 6. The van der Waals surface area contributed by atoms with Gasteiger partial charge >= 0.3 is 0 Å². The summed E-state index contributed by atoms with van der Waals surface area (Å²) in [6.07, 6.45) is 4.94. The Hall–Kier alpha value is -4.01. The summed E-state index contributed by atoms with van der Waals surface area (Å²) in [5.41, 5.74) is 1.34. The molecule has 9 heteroatoms. The van der Waals surface area contributed by atoms with Gasteiger partial charge in [0.2, 0.25) is 0 Å². The standard InChI is InChI=1S/C19H17N7O2/c1-13-17(19(28)26(24(13)2)14-6-4-3-5-7-14)21-18(27)15-8-9-16(23-22-15)25-11-10-20-12-25/h3-12H,1-2H3,(H,21,27). The van der Waals surface area contributed by atoms with E-state index in [2.05, 4.69) is 20.5 Å². The molecule has 0 bridgehead atoms. The second-order valence-corrected chi connectivity index (χ2v) is 6.14. The van der Waals surface area contributed by atoms with Crippen LogP contribution >= 0.6 is 0 Å². The molecule has 4 rings (SSSR count). The molecule has 28 heavy (non-hydrogen) atoms. The van der Waals surface area contributed by atoms with Gasteiger partial charge in [0.05, 0.1) is 11.4 Å². The number of imidazole rings is 1. The third kappa shape index (κ3) is 2.98. The Labute approximate surface area is 159 Å². The Morgan fingerprint density at radius 3 is 2.50 bits per heavy atom. The van der Waals surface area contributed by atoms with E-state index < -0.39 is 5.91 Å². The molecule has 9 nitrogen and oxygen atoms in total. The highest BCUT2D eigenvalue weighted by molar-refractivity contribution is 6.03. The van der Waals surface area contributed by atoms with Gasteiger partial charge in [-0.05, 0) is 31.2 Å². The lowest BCUT2D eigenvalue weighted by Gasteiger charge is -2.07. The Kier molecular flexibility index (Phi) is 4.32. The molecule has 1 N–H and O–H groups in total. The maximum atomic E-state index is 12.9. The Balaban J connectivity index is 1.63. The molecule has 1 aromatic carbocycles. The zero-order chi connectivity index (χ0) is 19.7. The third-order valence-electron chi connectivity index (χ3n) is 4.44. The third-order valence-corrected chi connectivity index (χ3v) is 4.44. The van der Waals surface area contributed by atoms with Crippen molar-refractivity contribution in [2.75, 3.05) is 5.32 Å². The molecule has 0 aliphatic rings. The maximum Gasteiger partial charge on any atom is 0.295 e. The molecule has 0 saturated carbocycles. The largest absolute Gasteiger partial charge is 0.314 e. The van der Waals surface area contributed by atoms with Crippen LogP contribution in [-0.4, -0.2) is 35.0 Å². The van der Waals surface area contributed by atoms with Gasteiger partial charge in [0.25, 0.3) is 11.5 Å². The number of benzene rings is 1. The fraction of sp³-hybridized carbons (Fsp3) is 0.105. The van der Waals surface area contributed by atoms with Crippen molar-refractivity contribution in [3.8, 4) is 11.5 Å². The van der Waals surface area contributed by atoms with Gasteiger partial charge < -0.3 is 5.32 Å². The molecule has 3 aromatic heterocycles. The van der Waals surface area contributed by atoms with Crippen LogP contribution < -0.4 is 10.9 Å². The normalized spacial score (nSPS) is 10.8. The summed E-state index contributed by atoms with van der Waals surface area (Å²) in [6, 6.07) is 12.4. The lowest BCUT2D eigenvalue weighted by molar-refractivity contribution is 0.102. The Morgan fingerprint density at radius 2 is 1.86 bits per heavy atom. The van der Waals surface area contributed by atoms with E-state index in [1.165, 1.54) is 4.68 Å². The molecule has 4 aromatic rings. The number of nitrogens with zero attached hydrogens (tertiary/aromatic N) is 6. The molecule has 0 aliphatic heterocycles. The van der Waals surface area contributed by atoms with Gasteiger partial charge in [-0.1, -0.05) is 18.2 Å². The fourth-order valence-electron chi connectivity index (χ4n) is 2.87. The molecule has 0 aliphatic carbocycles. The molecular weight excluding hydrogens is 358 g/mol. The monoisotopic (exact) mass is 375 g/mol. The topological polar surface area (TPSA) is 99.6 Å². The number of carbonyl (C=O) groups excluding carboxylic acids is 1. The van der Waals surface area contributed by atoms with E-state index in [0.717, 1.165) is 0 Å². The van der Waals surface area contributed by atoms with Crippen LogP contribution in [0.4, 0.5) is 5.69 Å². The second-order valence-electron chi connectivity index (χ2n) is 6.14. The molecule has 0 saturated heterocycles. The highest BCUT2D eigenvalue weighted by Crippen LogP contribution is 2.15. The van der Waals surface area contributed by atoms with Crippen LogP contribution in [0.1, 0.15) is 16.2 Å². The minimum Gasteiger partial charge on any atom is -0.314 e. The van der Waals surface area contributed by atoms with Crippen molar-refractivity contribution in [2.45, 2.75) is 6.92 Å². The van der Waals surface area contributed by atoms with Crippen LogP contribution in [-0.2, 0) is 7.05 Å². The van der Waals surface area contributed by atoms with Crippen LogP contribution in [0.15, 0.2) is 66.0 Å². The summed E-state index contributed by atoms with van der Waals surface area (Å²) in [5, 5.41) is 10.6. The van der Waals surface area contributed by atoms with E-state index in [1.54, 1.807) is 54.1 Å². The Morgan fingerprint density at radius 1 is 1.07 bits per heavy atom. The van der Waals surface area contributed by atoms with Gasteiger partial charge in [-0.2, -0.15) is 0 Å². The first-order valence-electron chi connectivity index (χ1n) is 8.53. The van der Waals surface area contributed by atoms with Crippen molar-refractivity contribution in [1.29, 1.82) is 0 Å². The number of carbonyl (C=O) groups is 1. The molecular formula is C19H17N7O2. The number of nitrogens with one attached hydrogen (secondary N) is 1. The zero-order valence-corrected chi connectivity index (χ0v) is 15.3. The minimum absolute atomic E-state index is 0.109. The van der Waals surface area contributed by atoms with E-state index in [9.17, 15) is 9.59 Å². The quantitative estimate of drug-likeness (QED) is 0.585. The highest BCUT2D eigenvalue weighted by Gasteiger charge is 2.19. The average molecular weight is 375 g/mol. The first-order chi connectivity index (χ1) is 13.6. The van der Waals surface area contributed by atoms with E-state index in [4.69, 9.17) is 0 Å². The van der Waals surface area contributed by atoms with E-state index in [-0.39, 0.29) is 16.9 Å². The van der Waals surface area contributed by atoms with Gasteiger partial charge in [-0.15, -0.1) is 10.2 Å². The molecule has 0 spiro atoms.